The van der Waals surface area contributed by atoms with E-state index in [0.717, 1.165) is 0 Å². The van der Waals surface area contributed by atoms with Gasteiger partial charge in [-0.05, 0) is 6.07 Å². The topological polar surface area (TPSA) is 66.6 Å². The third kappa shape index (κ3) is 2.23. The van der Waals surface area contributed by atoms with Crippen LogP contribution in [0.15, 0.2) is 6.07 Å². The highest BCUT2D eigenvalue weighted by Gasteiger charge is 2.36. The normalized spacial score (nSPS) is 11.8. The van der Waals surface area contributed by atoms with E-state index in [-0.39, 0.29) is 16.0 Å². The van der Waals surface area contributed by atoms with Crippen LogP contribution in [0.3, 0.4) is 0 Å². The molecule has 1 aromatic heterocycles. The molecular formula is C9H12Cl2N2O3. The van der Waals surface area contributed by atoms with Gasteiger partial charge in [0.25, 0.3) is 0 Å². The van der Waals surface area contributed by atoms with Crippen molar-refractivity contribution in [2.45, 2.75) is 5.97 Å². The van der Waals surface area contributed by atoms with Crippen molar-refractivity contribution in [1.82, 2.24) is 4.98 Å². The molecule has 7 heteroatoms. The summed E-state index contributed by atoms with van der Waals surface area (Å²) in [6, 6.07) is 1.47. The Hall–Kier alpha value is -0.590. The fourth-order valence-electron chi connectivity index (χ4n) is 1.32. The van der Waals surface area contributed by atoms with Crippen molar-refractivity contribution in [2.24, 2.45) is 0 Å². The molecule has 0 radical (unpaired) electrons. The number of ether oxygens (including phenoxy) is 3. The van der Waals surface area contributed by atoms with Crippen LogP contribution in [0, 0.1) is 0 Å². The number of aromatic nitrogens is 1. The lowest BCUT2D eigenvalue weighted by atomic mass is 10.2. The molecule has 0 aromatic carbocycles. The highest BCUT2D eigenvalue weighted by Crippen LogP contribution is 2.36. The molecule has 0 aliphatic carbocycles. The maximum atomic E-state index is 6.00. The minimum atomic E-state index is -1.45. The van der Waals surface area contributed by atoms with Crippen LogP contribution in [0.25, 0.3) is 0 Å². The molecule has 1 heterocycles. The van der Waals surface area contributed by atoms with E-state index in [1.165, 1.54) is 27.4 Å². The molecule has 0 aliphatic heterocycles. The quantitative estimate of drug-likeness (QED) is 0.667. The number of nitrogens with zero attached hydrogens (tertiary/aromatic N) is 1. The third-order valence-electron chi connectivity index (χ3n) is 2.09. The molecule has 2 N–H and O–H groups in total. The number of nitrogen functional groups attached to an aromatic ring is 1. The molecule has 0 saturated heterocycles. The molecule has 5 nitrogen and oxygen atoms in total. The molecular weight excluding hydrogens is 255 g/mol. The van der Waals surface area contributed by atoms with E-state index in [1.807, 2.05) is 0 Å². The van der Waals surface area contributed by atoms with Crippen molar-refractivity contribution in [2.75, 3.05) is 27.1 Å². The molecule has 90 valence electrons. The van der Waals surface area contributed by atoms with Crippen LogP contribution in [0.5, 0.6) is 0 Å². The Morgan fingerprint density at radius 3 is 2.12 bits per heavy atom. The molecule has 0 unspecified atom stereocenters. The van der Waals surface area contributed by atoms with E-state index in [2.05, 4.69) is 4.98 Å². The maximum absolute atomic E-state index is 6.00. The number of anilines is 1. The summed E-state index contributed by atoms with van der Waals surface area (Å²) in [5, 5.41) is 0.349. The molecule has 0 saturated carbocycles. The molecule has 0 atom stereocenters. The zero-order chi connectivity index (χ0) is 12.3. The van der Waals surface area contributed by atoms with E-state index in [4.69, 9.17) is 43.1 Å². The minimum absolute atomic E-state index is 0.0830. The van der Waals surface area contributed by atoms with E-state index in [9.17, 15) is 0 Å². The van der Waals surface area contributed by atoms with E-state index in [1.54, 1.807) is 0 Å². The molecule has 1 rings (SSSR count). The summed E-state index contributed by atoms with van der Waals surface area (Å²) in [4.78, 5) is 3.79. The number of hydrogen-bond acceptors (Lipinski definition) is 5. The number of halogens is 2. The molecule has 0 aliphatic rings. The highest BCUT2D eigenvalue weighted by molar-refractivity contribution is 6.34. The number of methoxy groups -OCH3 is 3. The van der Waals surface area contributed by atoms with Gasteiger partial charge in [0.1, 0.15) is 11.0 Å². The van der Waals surface area contributed by atoms with Crippen LogP contribution in [0.1, 0.15) is 5.56 Å². The molecule has 16 heavy (non-hydrogen) atoms. The van der Waals surface area contributed by atoms with Gasteiger partial charge < -0.3 is 19.9 Å². The SMILES string of the molecule is COC(OC)(OC)c1cc(Cl)nc(N)c1Cl. The van der Waals surface area contributed by atoms with Gasteiger partial charge >= 0.3 is 5.97 Å². The summed E-state index contributed by atoms with van der Waals surface area (Å²) < 4.78 is 15.4. The van der Waals surface area contributed by atoms with Crippen LogP contribution < -0.4 is 5.73 Å². The zero-order valence-corrected chi connectivity index (χ0v) is 10.6. The number of pyridine rings is 1. The maximum Gasteiger partial charge on any atom is 0.312 e. The predicted octanol–water partition coefficient (Wildman–Crippen LogP) is 2.02. The average Bonchev–Trinajstić information content (AvgIpc) is 2.28. The van der Waals surface area contributed by atoms with Crippen LogP contribution >= 0.6 is 23.2 Å². The van der Waals surface area contributed by atoms with Gasteiger partial charge in [0.05, 0.1) is 10.6 Å². The Bertz CT molecular complexity index is 375. The monoisotopic (exact) mass is 266 g/mol. The average molecular weight is 267 g/mol. The van der Waals surface area contributed by atoms with Crippen molar-refractivity contribution in [3.63, 3.8) is 0 Å². The van der Waals surface area contributed by atoms with Gasteiger partial charge in [-0.3, -0.25) is 0 Å². The summed E-state index contributed by atoms with van der Waals surface area (Å²) in [5.74, 6) is -1.36. The molecule has 0 spiro atoms. The first-order valence-electron chi connectivity index (χ1n) is 4.28. The van der Waals surface area contributed by atoms with Crippen molar-refractivity contribution < 1.29 is 14.2 Å². The number of hydrogen-bond donors (Lipinski definition) is 1. The summed E-state index contributed by atoms with van der Waals surface area (Å²) >= 11 is 11.8. The van der Waals surface area contributed by atoms with E-state index >= 15 is 0 Å². The standard InChI is InChI=1S/C9H12Cl2N2O3/c1-14-9(15-2,16-3)5-4-6(10)13-8(12)7(5)11/h4H,1-3H3,(H2,12,13). The summed E-state index contributed by atoms with van der Waals surface area (Å²) in [7, 11) is 4.23. The van der Waals surface area contributed by atoms with E-state index < -0.39 is 5.97 Å². The van der Waals surface area contributed by atoms with Crippen LogP contribution in [0.4, 0.5) is 5.82 Å². The van der Waals surface area contributed by atoms with Crippen LogP contribution in [0.2, 0.25) is 10.2 Å². The Labute approximate surface area is 103 Å². The van der Waals surface area contributed by atoms with Crippen molar-refractivity contribution in [1.29, 1.82) is 0 Å². The van der Waals surface area contributed by atoms with Gasteiger partial charge in [-0.2, -0.15) is 0 Å². The third-order valence-corrected chi connectivity index (χ3v) is 2.68. The van der Waals surface area contributed by atoms with Crippen molar-refractivity contribution >= 4 is 29.0 Å². The predicted molar refractivity (Wildman–Crippen MR) is 61.4 cm³/mol. The summed E-state index contributed by atoms with van der Waals surface area (Å²) in [6.45, 7) is 0. The largest absolute Gasteiger partial charge is 0.382 e. The summed E-state index contributed by atoms with van der Waals surface area (Å²) in [6.07, 6.45) is 0. The van der Waals surface area contributed by atoms with Gasteiger partial charge in [-0.1, -0.05) is 23.2 Å². The second-order valence-corrected chi connectivity index (χ2v) is 3.63. The van der Waals surface area contributed by atoms with Crippen molar-refractivity contribution in [3.8, 4) is 0 Å². The first kappa shape index (κ1) is 13.5. The molecule has 0 fully saturated rings. The lowest BCUT2D eigenvalue weighted by Gasteiger charge is -2.29. The minimum Gasteiger partial charge on any atom is -0.382 e. The Kier molecular flexibility index (Phi) is 4.35. The Morgan fingerprint density at radius 2 is 1.69 bits per heavy atom. The number of nitrogens with two attached hydrogens (primary N) is 1. The van der Waals surface area contributed by atoms with E-state index in [0.29, 0.717) is 5.56 Å². The highest BCUT2D eigenvalue weighted by atomic mass is 35.5. The Morgan fingerprint density at radius 1 is 1.19 bits per heavy atom. The van der Waals surface area contributed by atoms with Gasteiger partial charge in [0.15, 0.2) is 0 Å². The first-order chi connectivity index (χ1) is 7.50. The van der Waals surface area contributed by atoms with Gasteiger partial charge in [0.2, 0.25) is 0 Å². The molecule has 0 bridgehead atoms. The van der Waals surface area contributed by atoms with Crippen molar-refractivity contribution in [3.05, 3.63) is 21.8 Å². The molecule has 0 amide bonds. The van der Waals surface area contributed by atoms with Gasteiger partial charge in [-0.25, -0.2) is 4.98 Å². The van der Waals surface area contributed by atoms with Gasteiger partial charge in [0, 0.05) is 21.3 Å². The molecule has 1 aromatic rings. The fourth-order valence-corrected chi connectivity index (χ4v) is 1.73. The second kappa shape index (κ2) is 5.16. The Balaban J connectivity index is 3.40. The smallest absolute Gasteiger partial charge is 0.312 e. The van der Waals surface area contributed by atoms with Gasteiger partial charge in [-0.15, -0.1) is 0 Å². The first-order valence-corrected chi connectivity index (χ1v) is 5.03. The summed E-state index contributed by atoms with van der Waals surface area (Å²) in [5.41, 5.74) is 5.95. The number of rotatable bonds is 4. The van der Waals surface area contributed by atoms with Crippen LogP contribution in [-0.4, -0.2) is 26.3 Å². The second-order valence-electron chi connectivity index (χ2n) is 2.86. The van der Waals surface area contributed by atoms with Crippen LogP contribution in [-0.2, 0) is 20.2 Å². The zero-order valence-electron chi connectivity index (χ0n) is 9.08. The fraction of sp³-hybridized carbons (Fsp3) is 0.444. The lowest BCUT2D eigenvalue weighted by Crippen LogP contribution is -2.33. The lowest BCUT2D eigenvalue weighted by molar-refractivity contribution is -0.364.